The van der Waals surface area contributed by atoms with Crippen molar-refractivity contribution in [2.75, 3.05) is 6.54 Å². The fourth-order valence-electron chi connectivity index (χ4n) is 2.10. The monoisotopic (exact) mass is 264 g/mol. The van der Waals surface area contributed by atoms with E-state index in [2.05, 4.69) is 15.4 Å². The fourth-order valence-corrected chi connectivity index (χ4v) is 2.28. The molecule has 1 aromatic heterocycles. The van der Waals surface area contributed by atoms with E-state index in [1.54, 1.807) is 5.01 Å². The summed E-state index contributed by atoms with van der Waals surface area (Å²) in [7, 11) is 0. The summed E-state index contributed by atoms with van der Waals surface area (Å²) in [6.45, 7) is 1.28. The van der Waals surface area contributed by atoms with E-state index >= 15 is 0 Å². The first-order valence-electron chi connectivity index (χ1n) is 5.90. The first-order chi connectivity index (χ1) is 8.72. The zero-order chi connectivity index (χ0) is 12.5. The zero-order valence-electron chi connectivity index (χ0n) is 9.74. The Labute approximate surface area is 109 Å². The molecule has 0 radical (unpaired) electrons. The highest BCUT2D eigenvalue weighted by molar-refractivity contribution is 6.31. The molecule has 0 atom stereocenters. The van der Waals surface area contributed by atoms with Crippen LogP contribution in [0, 0.1) is 0 Å². The van der Waals surface area contributed by atoms with Crippen LogP contribution in [0.4, 0.5) is 0 Å². The number of rotatable bonds is 3. The molecule has 3 rings (SSSR count). The van der Waals surface area contributed by atoms with E-state index < -0.39 is 0 Å². The molecular weight excluding hydrogens is 252 g/mol. The van der Waals surface area contributed by atoms with Gasteiger partial charge in [-0.05, 0) is 24.6 Å². The predicted octanol–water partition coefficient (Wildman–Crippen LogP) is 1.84. The molecule has 2 aromatic rings. The van der Waals surface area contributed by atoms with E-state index in [-0.39, 0.29) is 5.91 Å². The molecule has 1 aliphatic rings. The van der Waals surface area contributed by atoms with Crippen LogP contribution in [0.15, 0.2) is 18.2 Å². The van der Waals surface area contributed by atoms with Gasteiger partial charge in [0.2, 0.25) is 5.91 Å². The Kier molecular flexibility index (Phi) is 2.93. The zero-order valence-corrected chi connectivity index (χ0v) is 10.5. The van der Waals surface area contributed by atoms with Crippen LogP contribution in [0.1, 0.15) is 18.7 Å². The van der Waals surface area contributed by atoms with Crippen LogP contribution in [0.25, 0.3) is 11.0 Å². The highest BCUT2D eigenvalue weighted by atomic mass is 35.5. The number of hydrogen-bond acceptors (Lipinski definition) is 3. The number of carbonyl (C=O) groups excluding carboxylic acids is 1. The van der Waals surface area contributed by atoms with E-state index in [0.717, 1.165) is 29.8 Å². The molecule has 1 aromatic carbocycles. The third-order valence-corrected chi connectivity index (χ3v) is 3.24. The molecule has 0 unspecified atom stereocenters. The summed E-state index contributed by atoms with van der Waals surface area (Å²) in [5.41, 5.74) is 4.87. The minimum absolute atomic E-state index is 0.147. The normalized spacial score (nSPS) is 15.8. The Morgan fingerprint density at radius 3 is 3.17 bits per heavy atom. The number of hydrazine groups is 1. The number of H-pyrrole nitrogens is 1. The predicted molar refractivity (Wildman–Crippen MR) is 68.9 cm³/mol. The molecule has 1 saturated heterocycles. The Hall–Kier alpha value is -1.59. The van der Waals surface area contributed by atoms with Gasteiger partial charge in [-0.25, -0.2) is 10.4 Å². The van der Waals surface area contributed by atoms with Gasteiger partial charge in [-0.15, -0.1) is 0 Å². The number of hydrogen-bond donors (Lipinski definition) is 2. The summed E-state index contributed by atoms with van der Waals surface area (Å²) in [5.74, 6) is 0.945. The van der Waals surface area contributed by atoms with Crippen molar-refractivity contribution in [2.45, 2.75) is 19.4 Å². The van der Waals surface area contributed by atoms with E-state index in [1.807, 2.05) is 18.2 Å². The Bertz CT molecular complexity index is 595. The first kappa shape index (κ1) is 11.5. The minimum Gasteiger partial charge on any atom is -0.341 e. The third-order valence-electron chi connectivity index (χ3n) is 3.00. The molecule has 0 saturated carbocycles. The summed E-state index contributed by atoms with van der Waals surface area (Å²) >= 11 is 5.91. The van der Waals surface area contributed by atoms with Gasteiger partial charge < -0.3 is 4.98 Å². The molecule has 2 N–H and O–H groups in total. The van der Waals surface area contributed by atoms with Crippen LogP contribution in [0.3, 0.4) is 0 Å². The van der Waals surface area contributed by atoms with Crippen LogP contribution in [0.5, 0.6) is 0 Å². The lowest BCUT2D eigenvalue weighted by Crippen LogP contribution is -2.38. The van der Waals surface area contributed by atoms with Crippen molar-refractivity contribution in [3.05, 3.63) is 29.0 Å². The van der Waals surface area contributed by atoms with Gasteiger partial charge in [-0.2, -0.15) is 0 Å². The van der Waals surface area contributed by atoms with Crippen LogP contribution in [0.2, 0.25) is 5.02 Å². The SMILES string of the molecule is O=C1CCCN1NCc1nc2ccc(Cl)cc2[nH]1. The molecule has 1 amide bonds. The summed E-state index contributed by atoms with van der Waals surface area (Å²) < 4.78 is 0. The van der Waals surface area contributed by atoms with Crippen LogP contribution in [-0.4, -0.2) is 27.4 Å². The van der Waals surface area contributed by atoms with Crippen LogP contribution in [-0.2, 0) is 11.3 Å². The second-order valence-electron chi connectivity index (χ2n) is 4.33. The number of imidazole rings is 1. The molecule has 2 heterocycles. The fraction of sp³-hybridized carbons (Fsp3) is 0.333. The largest absolute Gasteiger partial charge is 0.341 e. The molecule has 0 bridgehead atoms. The number of carbonyl (C=O) groups is 1. The first-order valence-corrected chi connectivity index (χ1v) is 6.28. The van der Waals surface area contributed by atoms with Crippen molar-refractivity contribution >= 4 is 28.5 Å². The second-order valence-corrected chi connectivity index (χ2v) is 4.77. The lowest BCUT2D eigenvalue weighted by molar-refractivity contribution is -0.130. The van der Waals surface area contributed by atoms with Gasteiger partial charge in [0.15, 0.2) is 0 Å². The van der Waals surface area contributed by atoms with Gasteiger partial charge in [0, 0.05) is 18.0 Å². The van der Waals surface area contributed by atoms with Gasteiger partial charge in [0.25, 0.3) is 0 Å². The van der Waals surface area contributed by atoms with Crippen molar-refractivity contribution in [1.82, 2.24) is 20.4 Å². The topological polar surface area (TPSA) is 61.0 Å². The number of benzene rings is 1. The van der Waals surface area contributed by atoms with Crippen LogP contribution < -0.4 is 5.43 Å². The molecule has 18 heavy (non-hydrogen) atoms. The number of nitrogens with one attached hydrogen (secondary N) is 2. The highest BCUT2D eigenvalue weighted by Gasteiger charge is 2.19. The quantitative estimate of drug-likeness (QED) is 0.889. The van der Waals surface area contributed by atoms with Gasteiger partial charge in [-0.3, -0.25) is 9.80 Å². The Morgan fingerprint density at radius 1 is 1.50 bits per heavy atom. The second kappa shape index (κ2) is 4.59. The van der Waals surface area contributed by atoms with Gasteiger partial charge in [-0.1, -0.05) is 11.6 Å². The van der Waals surface area contributed by atoms with E-state index in [0.29, 0.717) is 18.0 Å². The summed E-state index contributed by atoms with van der Waals surface area (Å²) in [4.78, 5) is 19.0. The van der Waals surface area contributed by atoms with E-state index in [1.165, 1.54) is 0 Å². The molecule has 1 aliphatic heterocycles. The molecular formula is C12H13ClN4O. The van der Waals surface area contributed by atoms with Crippen molar-refractivity contribution in [1.29, 1.82) is 0 Å². The van der Waals surface area contributed by atoms with Gasteiger partial charge in [0.1, 0.15) is 5.82 Å². The van der Waals surface area contributed by atoms with Crippen molar-refractivity contribution in [3.8, 4) is 0 Å². The van der Waals surface area contributed by atoms with Crippen molar-refractivity contribution < 1.29 is 4.79 Å². The van der Waals surface area contributed by atoms with Crippen molar-refractivity contribution in [3.63, 3.8) is 0 Å². The Balaban J connectivity index is 1.72. The summed E-state index contributed by atoms with van der Waals surface area (Å²) in [6.07, 6.45) is 1.55. The van der Waals surface area contributed by atoms with Crippen LogP contribution >= 0.6 is 11.6 Å². The number of amides is 1. The molecule has 0 spiro atoms. The number of halogens is 1. The maximum atomic E-state index is 11.4. The van der Waals surface area contributed by atoms with Crippen molar-refractivity contribution in [2.24, 2.45) is 0 Å². The standard InChI is InChI=1S/C12H13ClN4O/c13-8-3-4-9-10(6-8)16-11(15-9)7-14-17-5-1-2-12(17)18/h3-4,6,14H,1-2,5,7H2,(H,15,16). The average molecular weight is 265 g/mol. The molecule has 1 fully saturated rings. The Morgan fingerprint density at radius 2 is 2.39 bits per heavy atom. The molecule has 6 heteroatoms. The number of fused-ring (bicyclic) bond motifs is 1. The summed E-state index contributed by atoms with van der Waals surface area (Å²) in [5, 5.41) is 2.33. The minimum atomic E-state index is 0.147. The van der Waals surface area contributed by atoms with Gasteiger partial charge in [0.05, 0.1) is 17.6 Å². The molecule has 94 valence electrons. The highest BCUT2D eigenvalue weighted by Crippen LogP contribution is 2.17. The summed E-state index contributed by atoms with van der Waals surface area (Å²) in [6, 6.07) is 5.53. The number of nitrogens with zero attached hydrogens (tertiary/aromatic N) is 2. The van der Waals surface area contributed by atoms with Gasteiger partial charge >= 0.3 is 0 Å². The molecule has 0 aliphatic carbocycles. The smallest absolute Gasteiger partial charge is 0.236 e. The maximum Gasteiger partial charge on any atom is 0.236 e. The van der Waals surface area contributed by atoms with E-state index in [4.69, 9.17) is 11.6 Å². The lowest BCUT2D eigenvalue weighted by atomic mass is 10.3. The number of aromatic amines is 1. The average Bonchev–Trinajstić information content (AvgIpc) is 2.92. The maximum absolute atomic E-state index is 11.4. The van der Waals surface area contributed by atoms with E-state index in [9.17, 15) is 4.79 Å². The number of aromatic nitrogens is 2. The molecule has 5 nitrogen and oxygen atoms in total. The lowest BCUT2D eigenvalue weighted by Gasteiger charge is -2.15. The third kappa shape index (κ3) is 2.19.